The fraction of sp³-hybridized carbons (Fsp3) is 0.429. The second-order valence-electron chi connectivity index (χ2n) is 7.19. The van der Waals surface area contributed by atoms with Gasteiger partial charge in [-0.05, 0) is 42.5 Å². The van der Waals surface area contributed by atoms with Crippen molar-refractivity contribution in [2.45, 2.75) is 31.8 Å². The summed E-state index contributed by atoms with van der Waals surface area (Å²) >= 11 is 0. The topological polar surface area (TPSA) is 48.5 Å². The van der Waals surface area contributed by atoms with Crippen molar-refractivity contribution in [3.05, 3.63) is 59.3 Å². The van der Waals surface area contributed by atoms with Gasteiger partial charge < -0.3 is 10.2 Å². The van der Waals surface area contributed by atoms with Gasteiger partial charge in [-0.2, -0.15) is 0 Å². The summed E-state index contributed by atoms with van der Waals surface area (Å²) in [5.41, 5.74) is 3.68. The molecule has 26 heavy (non-hydrogen) atoms. The number of carbonyl (C=O) groups is 1. The molecule has 4 rings (SSSR count). The summed E-state index contributed by atoms with van der Waals surface area (Å²) in [5.74, 6) is 0.851. The predicted molar refractivity (Wildman–Crippen MR) is 103 cm³/mol. The van der Waals surface area contributed by atoms with Gasteiger partial charge in [-0.15, -0.1) is 0 Å². The number of benzene rings is 1. The van der Waals surface area contributed by atoms with Gasteiger partial charge in [0, 0.05) is 51.0 Å². The number of hydrogen-bond acceptors (Lipinski definition) is 4. The molecular formula is C21H26N4O. The molecule has 0 atom stereocenters. The number of anilines is 1. The molecule has 1 N–H and O–H groups in total. The molecule has 1 fully saturated rings. The van der Waals surface area contributed by atoms with Gasteiger partial charge in [0.2, 0.25) is 0 Å². The number of piperidine rings is 1. The van der Waals surface area contributed by atoms with Gasteiger partial charge >= 0.3 is 0 Å². The lowest BCUT2D eigenvalue weighted by Crippen LogP contribution is -2.48. The summed E-state index contributed by atoms with van der Waals surface area (Å²) in [6, 6.07) is 13.0. The van der Waals surface area contributed by atoms with Crippen molar-refractivity contribution in [1.82, 2.24) is 14.8 Å². The smallest absolute Gasteiger partial charge is 0.254 e. The maximum absolute atomic E-state index is 12.8. The molecule has 0 bridgehead atoms. The van der Waals surface area contributed by atoms with Gasteiger partial charge in [0.1, 0.15) is 5.82 Å². The number of amides is 1. The third-order valence-corrected chi connectivity index (χ3v) is 5.69. The SMILES string of the molecule is CNc1cc(C(=O)N2CCC(N3CCc4ccccc4C3)CC2)ccn1. The van der Waals surface area contributed by atoms with Crippen molar-refractivity contribution in [3.8, 4) is 0 Å². The summed E-state index contributed by atoms with van der Waals surface area (Å²) in [5, 5.41) is 2.99. The van der Waals surface area contributed by atoms with Crippen LogP contribution in [-0.4, -0.2) is 53.4 Å². The molecule has 136 valence electrons. The molecule has 5 heteroatoms. The first-order valence-corrected chi connectivity index (χ1v) is 9.48. The van der Waals surface area contributed by atoms with Crippen LogP contribution in [0.4, 0.5) is 5.82 Å². The Labute approximate surface area is 155 Å². The Morgan fingerprint density at radius 2 is 1.88 bits per heavy atom. The van der Waals surface area contributed by atoms with Crippen molar-refractivity contribution in [2.75, 3.05) is 32.0 Å². The van der Waals surface area contributed by atoms with Crippen LogP contribution in [0.25, 0.3) is 0 Å². The molecule has 0 unspecified atom stereocenters. The van der Waals surface area contributed by atoms with Gasteiger partial charge in [-0.25, -0.2) is 4.98 Å². The Morgan fingerprint density at radius 3 is 2.65 bits per heavy atom. The standard InChI is InChI=1S/C21H26N4O/c1-22-20-14-17(6-10-23-20)21(26)24-12-8-19(9-13-24)25-11-7-16-4-2-3-5-18(16)15-25/h2-6,10,14,19H,7-9,11-13,15H2,1H3,(H,22,23). The summed E-state index contributed by atoms with van der Waals surface area (Å²) in [4.78, 5) is 21.6. The molecule has 0 spiro atoms. The number of fused-ring (bicyclic) bond motifs is 1. The van der Waals surface area contributed by atoms with Crippen LogP contribution in [0.2, 0.25) is 0 Å². The van der Waals surface area contributed by atoms with Crippen LogP contribution < -0.4 is 5.32 Å². The molecule has 1 aromatic heterocycles. The van der Waals surface area contributed by atoms with Gasteiger partial charge in [0.25, 0.3) is 5.91 Å². The van der Waals surface area contributed by atoms with Crippen molar-refractivity contribution in [3.63, 3.8) is 0 Å². The highest BCUT2D eigenvalue weighted by Gasteiger charge is 2.29. The molecule has 0 aliphatic carbocycles. The van der Waals surface area contributed by atoms with E-state index in [1.165, 1.54) is 11.1 Å². The zero-order valence-corrected chi connectivity index (χ0v) is 15.3. The van der Waals surface area contributed by atoms with Crippen LogP contribution in [0.5, 0.6) is 0 Å². The Hall–Kier alpha value is -2.40. The van der Waals surface area contributed by atoms with E-state index in [2.05, 4.69) is 39.5 Å². The van der Waals surface area contributed by atoms with Gasteiger partial charge in [-0.1, -0.05) is 24.3 Å². The van der Waals surface area contributed by atoms with Gasteiger partial charge in [0.15, 0.2) is 0 Å². The average Bonchev–Trinajstić information content (AvgIpc) is 2.73. The summed E-state index contributed by atoms with van der Waals surface area (Å²) in [6.45, 7) is 3.84. The van der Waals surface area contributed by atoms with Gasteiger partial charge in [-0.3, -0.25) is 9.69 Å². The third-order valence-electron chi connectivity index (χ3n) is 5.69. The number of carbonyl (C=O) groups excluding carboxylic acids is 1. The molecule has 2 aliphatic heterocycles. The Balaban J connectivity index is 1.36. The highest BCUT2D eigenvalue weighted by Crippen LogP contribution is 2.25. The van der Waals surface area contributed by atoms with E-state index in [-0.39, 0.29) is 5.91 Å². The summed E-state index contributed by atoms with van der Waals surface area (Å²) in [7, 11) is 1.82. The fourth-order valence-corrected chi connectivity index (χ4v) is 4.15. The Morgan fingerprint density at radius 1 is 1.12 bits per heavy atom. The van der Waals surface area contributed by atoms with Crippen LogP contribution in [0.1, 0.15) is 34.3 Å². The molecule has 0 radical (unpaired) electrons. The fourth-order valence-electron chi connectivity index (χ4n) is 4.15. The van der Waals surface area contributed by atoms with E-state index in [0.29, 0.717) is 6.04 Å². The van der Waals surface area contributed by atoms with E-state index in [1.54, 1.807) is 12.3 Å². The highest BCUT2D eigenvalue weighted by molar-refractivity contribution is 5.94. The van der Waals surface area contributed by atoms with Crippen molar-refractivity contribution < 1.29 is 4.79 Å². The van der Waals surface area contributed by atoms with Crippen molar-refractivity contribution >= 4 is 11.7 Å². The molecule has 5 nitrogen and oxygen atoms in total. The number of hydrogen-bond donors (Lipinski definition) is 1. The molecule has 2 aromatic rings. The molecule has 2 aliphatic rings. The molecule has 3 heterocycles. The van der Waals surface area contributed by atoms with E-state index in [0.717, 1.165) is 56.8 Å². The van der Waals surface area contributed by atoms with Gasteiger partial charge in [0.05, 0.1) is 0 Å². The number of likely N-dealkylation sites (tertiary alicyclic amines) is 1. The lowest BCUT2D eigenvalue weighted by Gasteiger charge is -2.40. The second-order valence-corrected chi connectivity index (χ2v) is 7.19. The average molecular weight is 350 g/mol. The van der Waals surface area contributed by atoms with Crippen molar-refractivity contribution in [2.24, 2.45) is 0 Å². The number of pyridine rings is 1. The van der Waals surface area contributed by atoms with Crippen molar-refractivity contribution in [1.29, 1.82) is 0 Å². The molecule has 0 saturated carbocycles. The maximum atomic E-state index is 12.8. The van der Waals surface area contributed by atoms with E-state index >= 15 is 0 Å². The maximum Gasteiger partial charge on any atom is 0.254 e. The number of aromatic nitrogens is 1. The predicted octanol–water partition coefficient (Wildman–Crippen LogP) is 2.79. The van der Waals surface area contributed by atoms with E-state index < -0.39 is 0 Å². The number of nitrogens with one attached hydrogen (secondary N) is 1. The van der Waals surface area contributed by atoms with E-state index in [4.69, 9.17) is 0 Å². The lowest BCUT2D eigenvalue weighted by atomic mass is 9.95. The zero-order chi connectivity index (χ0) is 17.9. The normalized spacial score (nSPS) is 18.4. The minimum Gasteiger partial charge on any atom is -0.373 e. The minimum absolute atomic E-state index is 0.117. The molecule has 1 amide bonds. The summed E-state index contributed by atoms with van der Waals surface area (Å²) < 4.78 is 0. The minimum atomic E-state index is 0.117. The molecule has 1 saturated heterocycles. The monoisotopic (exact) mass is 350 g/mol. The van der Waals surface area contributed by atoms with Crippen LogP contribution in [0.3, 0.4) is 0 Å². The lowest BCUT2D eigenvalue weighted by molar-refractivity contribution is 0.0599. The first-order valence-electron chi connectivity index (χ1n) is 9.48. The number of nitrogens with zero attached hydrogens (tertiary/aromatic N) is 3. The van der Waals surface area contributed by atoms with Crippen LogP contribution in [-0.2, 0) is 13.0 Å². The van der Waals surface area contributed by atoms with Crippen LogP contribution in [0.15, 0.2) is 42.6 Å². The third kappa shape index (κ3) is 3.44. The van der Waals surface area contributed by atoms with E-state index in [1.807, 2.05) is 18.0 Å². The number of rotatable bonds is 3. The van der Waals surface area contributed by atoms with E-state index in [9.17, 15) is 4.79 Å². The van der Waals surface area contributed by atoms with Crippen LogP contribution in [0, 0.1) is 0 Å². The highest BCUT2D eigenvalue weighted by atomic mass is 16.2. The Bertz CT molecular complexity index is 783. The Kier molecular flexibility index (Phi) is 4.89. The largest absolute Gasteiger partial charge is 0.373 e. The first kappa shape index (κ1) is 17.0. The molecular weight excluding hydrogens is 324 g/mol. The first-order chi connectivity index (χ1) is 12.7. The second kappa shape index (κ2) is 7.46. The zero-order valence-electron chi connectivity index (χ0n) is 15.3. The van der Waals surface area contributed by atoms with Crippen LogP contribution >= 0.6 is 0 Å². The quantitative estimate of drug-likeness (QED) is 0.925. The molecule has 1 aromatic carbocycles. The summed E-state index contributed by atoms with van der Waals surface area (Å²) in [6.07, 6.45) is 4.94.